The average Bonchev–Trinajstić information content (AvgIpc) is 3.16. The predicted molar refractivity (Wildman–Crippen MR) is 142 cm³/mol. The molecule has 0 spiro atoms. The van der Waals surface area contributed by atoms with E-state index in [0.29, 0.717) is 36.3 Å². The third kappa shape index (κ3) is 5.57. The second kappa shape index (κ2) is 11.3. The normalized spacial score (nSPS) is 11.5. The number of imidazole rings is 1. The minimum atomic E-state index is 0.619. The van der Waals surface area contributed by atoms with Gasteiger partial charge in [-0.15, -0.1) is 0 Å². The van der Waals surface area contributed by atoms with Crippen LogP contribution in [-0.2, 0) is 26.2 Å². The molecule has 0 aliphatic heterocycles. The van der Waals surface area contributed by atoms with Crippen molar-refractivity contribution >= 4 is 34.0 Å². The number of rotatable bonds is 10. The van der Waals surface area contributed by atoms with Gasteiger partial charge in [0.2, 0.25) is 0 Å². The van der Waals surface area contributed by atoms with Crippen LogP contribution in [0.5, 0.6) is 5.75 Å². The van der Waals surface area contributed by atoms with Crippen molar-refractivity contribution in [3.05, 3.63) is 93.5 Å². The Morgan fingerprint density at radius 1 is 0.971 bits per heavy atom. The van der Waals surface area contributed by atoms with Gasteiger partial charge in [-0.2, -0.15) is 0 Å². The van der Waals surface area contributed by atoms with E-state index in [9.17, 15) is 0 Å². The van der Waals surface area contributed by atoms with E-state index < -0.39 is 0 Å². The number of nitrogens with zero attached hydrogens (tertiary/aromatic N) is 3. The fourth-order valence-corrected chi connectivity index (χ4v) is 4.89. The quantitative estimate of drug-likeness (QED) is 0.226. The maximum absolute atomic E-state index is 6.58. The monoisotopic (exact) mass is 495 g/mol. The lowest BCUT2D eigenvalue weighted by atomic mass is 10.0. The van der Waals surface area contributed by atoms with Crippen LogP contribution < -0.4 is 4.74 Å². The van der Waals surface area contributed by atoms with Crippen molar-refractivity contribution in [3.8, 4) is 5.75 Å². The molecule has 6 heteroatoms. The summed E-state index contributed by atoms with van der Waals surface area (Å²) in [5.74, 6) is 1.98. The third-order valence-corrected chi connectivity index (χ3v) is 6.63. The zero-order valence-electron chi connectivity index (χ0n) is 20.0. The second-order valence-electron chi connectivity index (χ2n) is 8.54. The highest BCUT2D eigenvalue weighted by atomic mass is 35.5. The Balaban J connectivity index is 1.75. The van der Waals surface area contributed by atoms with E-state index >= 15 is 0 Å². The van der Waals surface area contributed by atoms with Gasteiger partial charge in [0.25, 0.3) is 0 Å². The minimum Gasteiger partial charge on any atom is -0.494 e. The molecule has 0 aliphatic carbocycles. The molecule has 0 radical (unpaired) electrons. The van der Waals surface area contributed by atoms with Gasteiger partial charge in [0.15, 0.2) is 0 Å². The summed E-state index contributed by atoms with van der Waals surface area (Å²) in [5, 5.41) is 3.72. The highest BCUT2D eigenvalue weighted by Gasteiger charge is 2.18. The Hall–Kier alpha value is -2.53. The summed E-state index contributed by atoms with van der Waals surface area (Å²) in [6.45, 7) is 9.97. The van der Waals surface area contributed by atoms with E-state index in [1.54, 1.807) is 0 Å². The zero-order valence-corrected chi connectivity index (χ0v) is 21.5. The molecule has 34 heavy (non-hydrogen) atoms. The molecule has 0 saturated carbocycles. The number of fused-ring (bicyclic) bond motifs is 1. The number of hydrogen-bond donors (Lipinski definition) is 0. The number of aryl methyl sites for hydroxylation is 1. The lowest BCUT2D eigenvalue weighted by Crippen LogP contribution is -2.25. The molecule has 0 saturated heterocycles. The molecule has 4 aromatic rings. The number of hydrogen-bond acceptors (Lipinski definition) is 3. The summed E-state index contributed by atoms with van der Waals surface area (Å²) >= 11 is 12.7. The summed E-state index contributed by atoms with van der Waals surface area (Å²) in [6, 6.07) is 18.4. The molecule has 1 aromatic heterocycles. The first-order valence-corrected chi connectivity index (χ1v) is 12.6. The lowest BCUT2D eigenvalue weighted by molar-refractivity contribution is 0.232. The van der Waals surface area contributed by atoms with Gasteiger partial charge < -0.3 is 9.30 Å². The molecule has 4 rings (SSSR count). The predicted octanol–water partition coefficient (Wildman–Crippen LogP) is 7.66. The Morgan fingerprint density at radius 3 is 2.56 bits per heavy atom. The Morgan fingerprint density at radius 2 is 1.79 bits per heavy atom. The van der Waals surface area contributed by atoms with Crippen molar-refractivity contribution in [1.29, 1.82) is 0 Å². The molecule has 1 heterocycles. The van der Waals surface area contributed by atoms with Crippen LogP contribution in [0.2, 0.25) is 10.0 Å². The summed E-state index contributed by atoms with van der Waals surface area (Å²) in [5.41, 5.74) is 3.39. The first-order chi connectivity index (χ1) is 16.5. The Labute approximate surface area is 212 Å². The Kier molecular flexibility index (Phi) is 8.15. The van der Waals surface area contributed by atoms with Gasteiger partial charge in [-0.05, 0) is 54.8 Å². The van der Waals surface area contributed by atoms with Crippen molar-refractivity contribution in [3.63, 3.8) is 0 Å². The fraction of sp³-hybridized carbons (Fsp3) is 0.321. The van der Waals surface area contributed by atoms with Gasteiger partial charge in [0.05, 0.1) is 13.2 Å². The SMILES string of the molecule is CCCn1c(C)cnc1CN(Cc1ccc(Cl)cc1Cl)Cc1c(OCC)ccc2ccccc12. The van der Waals surface area contributed by atoms with E-state index in [-0.39, 0.29) is 0 Å². The summed E-state index contributed by atoms with van der Waals surface area (Å²) in [4.78, 5) is 7.13. The molecule has 3 aromatic carbocycles. The van der Waals surface area contributed by atoms with Crippen LogP contribution in [0.15, 0.2) is 60.8 Å². The number of benzene rings is 3. The van der Waals surface area contributed by atoms with E-state index in [4.69, 9.17) is 32.9 Å². The summed E-state index contributed by atoms with van der Waals surface area (Å²) in [6.07, 6.45) is 3.02. The van der Waals surface area contributed by atoms with Crippen LogP contribution in [-0.4, -0.2) is 21.1 Å². The summed E-state index contributed by atoms with van der Waals surface area (Å²) < 4.78 is 8.37. The second-order valence-corrected chi connectivity index (χ2v) is 9.39. The first kappa shape index (κ1) is 24.6. The highest BCUT2D eigenvalue weighted by Crippen LogP contribution is 2.31. The maximum atomic E-state index is 6.58. The van der Waals surface area contributed by atoms with E-state index in [0.717, 1.165) is 30.1 Å². The number of halogens is 2. The highest BCUT2D eigenvalue weighted by molar-refractivity contribution is 6.35. The van der Waals surface area contributed by atoms with Gasteiger partial charge in [0, 0.05) is 47.1 Å². The van der Waals surface area contributed by atoms with E-state index in [2.05, 4.69) is 59.7 Å². The van der Waals surface area contributed by atoms with Crippen LogP contribution in [0.1, 0.15) is 42.9 Å². The van der Waals surface area contributed by atoms with Crippen molar-refractivity contribution in [2.75, 3.05) is 6.61 Å². The van der Waals surface area contributed by atoms with Gasteiger partial charge in [-0.25, -0.2) is 4.98 Å². The van der Waals surface area contributed by atoms with Gasteiger partial charge in [0.1, 0.15) is 11.6 Å². The van der Waals surface area contributed by atoms with Crippen molar-refractivity contribution in [2.45, 2.75) is 53.4 Å². The molecular weight excluding hydrogens is 465 g/mol. The van der Waals surface area contributed by atoms with E-state index in [1.165, 1.54) is 22.0 Å². The molecule has 0 bridgehead atoms. The molecule has 0 atom stereocenters. The fourth-order valence-electron chi connectivity index (χ4n) is 4.42. The van der Waals surface area contributed by atoms with E-state index in [1.807, 2.05) is 31.3 Å². The van der Waals surface area contributed by atoms with Gasteiger partial charge in [-0.1, -0.05) is 66.5 Å². The lowest BCUT2D eigenvalue weighted by Gasteiger charge is -2.25. The van der Waals surface area contributed by atoms with Crippen LogP contribution in [0.3, 0.4) is 0 Å². The molecule has 0 fully saturated rings. The minimum absolute atomic E-state index is 0.619. The van der Waals surface area contributed by atoms with Crippen molar-refractivity contribution < 1.29 is 4.74 Å². The molecule has 0 amide bonds. The Bertz CT molecular complexity index is 1270. The third-order valence-electron chi connectivity index (χ3n) is 6.04. The van der Waals surface area contributed by atoms with Crippen molar-refractivity contribution in [1.82, 2.24) is 14.5 Å². The molecule has 0 unspecified atom stereocenters. The zero-order chi connectivity index (χ0) is 24.1. The number of ether oxygens (including phenoxy) is 1. The standard InChI is InChI=1S/C28H31Cl2N3O/c1-4-14-33-20(3)16-31-28(33)19-32(17-22-10-12-23(29)15-26(22)30)18-25-24-9-7-6-8-21(24)11-13-27(25)34-5-2/h6-13,15-16H,4-5,14,17-19H2,1-3H3. The topological polar surface area (TPSA) is 30.3 Å². The molecule has 178 valence electrons. The molecule has 0 N–H and O–H groups in total. The maximum Gasteiger partial charge on any atom is 0.124 e. The van der Waals surface area contributed by atoms with Crippen LogP contribution in [0.25, 0.3) is 10.8 Å². The molecule has 4 nitrogen and oxygen atoms in total. The average molecular weight is 496 g/mol. The van der Waals surface area contributed by atoms with Gasteiger partial charge >= 0.3 is 0 Å². The summed E-state index contributed by atoms with van der Waals surface area (Å²) in [7, 11) is 0. The van der Waals surface area contributed by atoms with Gasteiger partial charge in [-0.3, -0.25) is 4.90 Å². The molecular formula is C28H31Cl2N3O. The molecule has 0 aliphatic rings. The smallest absolute Gasteiger partial charge is 0.124 e. The largest absolute Gasteiger partial charge is 0.494 e. The van der Waals surface area contributed by atoms with Crippen LogP contribution in [0, 0.1) is 6.92 Å². The first-order valence-electron chi connectivity index (χ1n) is 11.8. The number of aromatic nitrogens is 2. The van der Waals surface area contributed by atoms with Crippen molar-refractivity contribution in [2.24, 2.45) is 0 Å². The van der Waals surface area contributed by atoms with Crippen LogP contribution in [0.4, 0.5) is 0 Å². The van der Waals surface area contributed by atoms with Crippen LogP contribution >= 0.6 is 23.2 Å².